The minimum Gasteiger partial charge on any atom is -0.487 e. The van der Waals surface area contributed by atoms with Crippen LogP contribution >= 0.6 is 11.6 Å². The van der Waals surface area contributed by atoms with Crippen molar-refractivity contribution in [2.75, 3.05) is 6.61 Å². The van der Waals surface area contributed by atoms with E-state index in [-0.39, 0.29) is 17.1 Å². The second-order valence-corrected chi connectivity index (χ2v) is 3.26. The van der Waals surface area contributed by atoms with Crippen molar-refractivity contribution in [3.05, 3.63) is 28.8 Å². The number of halogens is 3. The first-order valence-corrected chi connectivity index (χ1v) is 4.60. The normalized spacial score (nSPS) is 11.9. The Kier molecular flexibility index (Phi) is 4.30. The number of hydrogen-bond acceptors (Lipinski definition) is 3. The zero-order valence-electron chi connectivity index (χ0n) is 8.03. The average molecular weight is 251 g/mol. The maximum absolute atomic E-state index is 12.0. The second kappa shape index (κ2) is 5.50. The Morgan fingerprint density at radius 1 is 1.56 bits per heavy atom. The summed E-state index contributed by atoms with van der Waals surface area (Å²) in [6.07, 6.45) is -2.61. The van der Waals surface area contributed by atoms with Gasteiger partial charge >= 0.3 is 0 Å². The van der Waals surface area contributed by atoms with Crippen molar-refractivity contribution in [2.45, 2.75) is 6.43 Å². The van der Waals surface area contributed by atoms with Crippen LogP contribution in [0.2, 0.25) is 5.02 Å². The van der Waals surface area contributed by atoms with Gasteiger partial charge in [0.05, 0.1) is 5.56 Å². The molecule has 16 heavy (non-hydrogen) atoms. The van der Waals surface area contributed by atoms with Gasteiger partial charge in [0.25, 0.3) is 6.43 Å². The van der Waals surface area contributed by atoms with Crippen molar-refractivity contribution in [2.24, 2.45) is 10.9 Å². The second-order valence-electron chi connectivity index (χ2n) is 2.83. The number of ether oxygens (including phenoxy) is 1. The van der Waals surface area contributed by atoms with Crippen LogP contribution in [0, 0.1) is 0 Å². The van der Waals surface area contributed by atoms with Gasteiger partial charge in [0, 0.05) is 5.02 Å². The highest BCUT2D eigenvalue weighted by atomic mass is 35.5. The zero-order valence-corrected chi connectivity index (χ0v) is 8.79. The first-order chi connectivity index (χ1) is 7.54. The van der Waals surface area contributed by atoms with Crippen LogP contribution in [0.15, 0.2) is 23.4 Å². The van der Waals surface area contributed by atoms with Gasteiger partial charge in [-0.15, -0.1) is 0 Å². The predicted molar refractivity (Wildman–Crippen MR) is 55.5 cm³/mol. The fourth-order valence-corrected chi connectivity index (χ4v) is 1.20. The summed E-state index contributed by atoms with van der Waals surface area (Å²) in [5.41, 5.74) is 5.54. The summed E-state index contributed by atoms with van der Waals surface area (Å²) in [6, 6.07) is 4.21. The summed E-state index contributed by atoms with van der Waals surface area (Å²) in [5.74, 6) is -0.191. The Labute approximate surface area is 95.3 Å². The van der Waals surface area contributed by atoms with Gasteiger partial charge in [-0.2, -0.15) is 0 Å². The molecule has 0 heterocycles. The lowest BCUT2D eigenvalue weighted by Crippen LogP contribution is -2.16. The van der Waals surface area contributed by atoms with E-state index in [9.17, 15) is 8.78 Å². The summed E-state index contributed by atoms with van der Waals surface area (Å²) in [5, 5.41) is 11.6. The van der Waals surface area contributed by atoms with Crippen LogP contribution < -0.4 is 10.5 Å². The molecule has 0 radical (unpaired) electrons. The number of hydrogen-bond donors (Lipinski definition) is 2. The standard InChI is InChI=1S/C9H9ClF2N2O2/c10-5-1-2-6(9(13)14-15)7(3-5)16-4-8(11)12/h1-3,8,15H,4H2,(H2,13,14). The Morgan fingerprint density at radius 2 is 2.25 bits per heavy atom. The molecule has 7 heteroatoms. The predicted octanol–water partition coefficient (Wildman–Crippen LogP) is 2.08. The molecule has 0 aliphatic heterocycles. The minimum absolute atomic E-state index is 0.0445. The molecule has 4 nitrogen and oxygen atoms in total. The molecule has 0 saturated carbocycles. The molecular weight excluding hydrogens is 242 g/mol. The van der Waals surface area contributed by atoms with Crippen molar-refractivity contribution in [1.29, 1.82) is 0 Å². The Morgan fingerprint density at radius 3 is 2.81 bits per heavy atom. The monoisotopic (exact) mass is 250 g/mol. The molecule has 1 rings (SSSR count). The summed E-state index contributed by atoms with van der Waals surface area (Å²) in [6.45, 7) is -0.786. The first kappa shape index (κ1) is 12.5. The van der Waals surface area contributed by atoms with E-state index >= 15 is 0 Å². The van der Waals surface area contributed by atoms with Crippen molar-refractivity contribution in [3.63, 3.8) is 0 Å². The fraction of sp³-hybridized carbons (Fsp3) is 0.222. The molecule has 0 aromatic heterocycles. The van der Waals surface area contributed by atoms with Crippen LogP contribution in [0.3, 0.4) is 0 Å². The molecule has 0 aliphatic rings. The molecule has 1 aromatic carbocycles. The van der Waals surface area contributed by atoms with E-state index in [1.165, 1.54) is 18.2 Å². The molecular formula is C9H9ClF2N2O2. The molecule has 0 bridgehead atoms. The van der Waals surface area contributed by atoms with Crippen LogP contribution in [-0.4, -0.2) is 24.1 Å². The maximum Gasteiger partial charge on any atom is 0.272 e. The van der Waals surface area contributed by atoms with Crippen molar-refractivity contribution in [1.82, 2.24) is 0 Å². The van der Waals surface area contributed by atoms with Crippen molar-refractivity contribution < 1.29 is 18.7 Å². The van der Waals surface area contributed by atoms with Gasteiger partial charge in [0.1, 0.15) is 12.4 Å². The number of nitrogens with zero attached hydrogens (tertiary/aromatic N) is 1. The number of nitrogens with two attached hydrogens (primary N) is 1. The number of alkyl halides is 2. The third-order valence-electron chi connectivity index (χ3n) is 1.69. The fourth-order valence-electron chi connectivity index (χ4n) is 1.03. The Hall–Kier alpha value is -1.56. The van der Waals surface area contributed by atoms with Gasteiger partial charge in [-0.05, 0) is 18.2 Å². The third kappa shape index (κ3) is 3.23. The molecule has 0 aliphatic carbocycles. The Bertz CT molecular complexity index is 399. The van der Waals surface area contributed by atoms with E-state index in [2.05, 4.69) is 5.16 Å². The van der Waals surface area contributed by atoms with Crippen LogP contribution in [0.4, 0.5) is 8.78 Å². The summed E-state index contributed by atoms with van der Waals surface area (Å²) in [4.78, 5) is 0. The highest BCUT2D eigenvalue weighted by Crippen LogP contribution is 2.23. The molecule has 88 valence electrons. The first-order valence-electron chi connectivity index (χ1n) is 4.23. The van der Waals surface area contributed by atoms with Gasteiger partial charge in [-0.1, -0.05) is 16.8 Å². The van der Waals surface area contributed by atoms with Gasteiger partial charge < -0.3 is 15.7 Å². The quantitative estimate of drug-likeness (QED) is 0.372. The van der Waals surface area contributed by atoms with Gasteiger partial charge in [0.15, 0.2) is 5.84 Å². The summed E-state index contributed by atoms with van der Waals surface area (Å²) in [7, 11) is 0. The number of benzene rings is 1. The Balaban J connectivity index is 2.99. The number of rotatable bonds is 4. The van der Waals surface area contributed by atoms with E-state index in [0.29, 0.717) is 5.02 Å². The lowest BCUT2D eigenvalue weighted by molar-refractivity contribution is 0.0818. The summed E-state index contributed by atoms with van der Waals surface area (Å²) < 4.78 is 28.7. The molecule has 0 amide bonds. The third-order valence-corrected chi connectivity index (χ3v) is 1.93. The van der Waals surface area contributed by atoms with Crippen molar-refractivity contribution >= 4 is 17.4 Å². The lowest BCUT2D eigenvalue weighted by atomic mass is 10.2. The number of amidine groups is 1. The minimum atomic E-state index is -2.61. The van der Waals surface area contributed by atoms with Crippen LogP contribution in [0.5, 0.6) is 5.75 Å². The molecule has 0 saturated heterocycles. The van der Waals surface area contributed by atoms with Gasteiger partial charge in [-0.3, -0.25) is 0 Å². The highest BCUT2D eigenvalue weighted by molar-refractivity contribution is 6.30. The van der Waals surface area contributed by atoms with E-state index in [4.69, 9.17) is 27.3 Å². The maximum atomic E-state index is 12.0. The van der Waals surface area contributed by atoms with Crippen LogP contribution in [0.1, 0.15) is 5.56 Å². The van der Waals surface area contributed by atoms with Gasteiger partial charge in [-0.25, -0.2) is 8.78 Å². The van der Waals surface area contributed by atoms with Crippen LogP contribution in [-0.2, 0) is 0 Å². The van der Waals surface area contributed by atoms with Crippen molar-refractivity contribution in [3.8, 4) is 5.75 Å². The molecule has 0 unspecified atom stereocenters. The largest absolute Gasteiger partial charge is 0.487 e. The van der Waals surface area contributed by atoms with E-state index < -0.39 is 13.0 Å². The van der Waals surface area contributed by atoms with E-state index in [0.717, 1.165) is 0 Å². The molecule has 0 atom stereocenters. The van der Waals surface area contributed by atoms with Crippen LogP contribution in [0.25, 0.3) is 0 Å². The molecule has 3 N–H and O–H groups in total. The zero-order chi connectivity index (χ0) is 12.1. The molecule has 0 fully saturated rings. The van der Waals surface area contributed by atoms with E-state index in [1.807, 2.05) is 0 Å². The SMILES string of the molecule is N/C(=N/O)c1ccc(Cl)cc1OCC(F)F. The number of oxime groups is 1. The van der Waals surface area contributed by atoms with Gasteiger partial charge in [0.2, 0.25) is 0 Å². The average Bonchev–Trinajstić information content (AvgIpc) is 2.25. The molecule has 0 spiro atoms. The van der Waals surface area contributed by atoms with E-state index in [1.54, 1.807) is 0 Å². The topological polar surface area (TPSA) is 67.8 Å². The smallest absolute Gasteiger partial charge is 0.272 e. The molecule has 1 aromatic rings. The lowest BCUT2D eigenvalue weighted by Gasteiger charge is -2.10. The highest BCUT2D eigenvalue weighted by Gasteiger charge is 2.11. The summed E-state index contributed by atoms with van der Waals surface area (Å²) >= 11 is 5.67.